The predicted molar refractivity (Wildman–Crippen MR) is 168 cm³/mol. The van der Waals surface area contributed by atoms with Crippen LogP contribution >= 0.6 is 11.6 Å². The molecule has 3 unspecified atom stereocenters. The fraction of sp³-hybridized carbons (Fsp3) is 0.529. The first kappa shape index (κ1) is 34.2. The molecule has 11 heteroatoms. The van der Waals surface area contributed by atoms with Crippen molar-refractivity contribution in [3.8, 4) is 0 Å². The maximum atomic E-state index is 13.9. The van der Waals surface area contributed by atoms with E-state index in [0.717, 1.165) is 37.7 Å². The Morgan fingerprint density at radius 1 is 1.00 bits per heavy atom. The Morgan fingerprint density at radius 3 is 2.33 bits per heavy atom. The Kier molecular flexibility index (Phi) is 11.8. The first-order valence-corrected chi connectivity index (χ1v) is 16.0. The van der Waals surface area contributed by atoms with E-state index in [-0.39, 0.29) is 18.2 Å². The maximum absolute atomic E-state index is 13.9. The minimum atomic E-state index is -1.06. The molecule has 45 heavy (non-hydrogen) atoms. The van der Waals surface area contributed by atoms with E-state index < -0.39 is 53.3 Å². The third-order valence-electron chi connectivity index (χ3n) is 9.01. The number of benzene rings is 2. The lowest BCUT2D eigenvalue weighted by molar-refractivity contribution is -0.146. The van der Waals surface area contributed by atoms with Crippen LogP contribution in [0.1, 0.15) is 82.4 Å². The minimum Gasteiger partial charge on any atom is -0.467 e. The van der Waals surface area contributed by atoms with Crippen LogP contribution in [0, 0.1) is 17.7 Å². The van der Waals surface area contributed by atoms with Gasteiger partial charge in [0.25, 0.3) is 0 Å². The summed E-state index contributed by atoms with van der Waals surface area (Å²) in [7, 11) is 1.22. The highest BCUT2D eigenvalue weighted by atomic mass is 35.5. The molecule has 2 fully saturated rings. The summed E-state index contributed by atoms with van der Waals surface area (Å²) >= 11 is 6.29. The fourth-order valence-corrected chi connectivity index (χ4v) is 6.55. The summed E-state index contributed by atoms with van der Waals surface area (Å²) < 4.78 is 24.9. The van der Waals surface area contributed by atoms with E-state index in [1.54, 1.807) is 30.3 Å². The van der Waals surface area contributed by atoms with Gasteiger partial charge in [-0.15, -0.1) is 0 Å². The molecule has 2 aromatic rings. The summed E-state index contributed by atoms with van der Waals surface area (Å²) in [4.78, 5) is 52.2. The van der Waals surface area contributed by atoms with Gasteiger partial charge < -0.3 is 25.4 Å². The number of carbonyl (C=O) groups is 4. The number of nitrogens with one attached hydrogen (secondary N) is 3. The van der Waals surface area contributed by atoms with Gasteiger partial charge in [0.15, 0.2) is 0 Å². The number of esters is 1. The topological polar surface area (TPSA) is 123 Å². The van der Waals surface area contributed by atoms with E-state index in [1.165, 1.54) is 19.2 Å². The van der Waals surface area contributed by atoms with Crippen molar-refractivity contribution in [3.63, 3.8) is 0 Å². The molecule has 3 N–H and O–H groups in total. The zero-order valence-corrected chi connectivity index (χ0v) is 26.8. The van der Waals surface area contributed by atoms with Gasteiger partial charge in [-0.2, -0.15) is 0 Å². The molecule has 1 aliphatic heterocycles. The Morgan fingerprint density at radius 2 is 1.71 bits per heavy atom. The lowest BCUT2D eigenvalue weighted by Crippen LogP contribution is -2.53. The molecule has 0 aromatic heterocycles. The molecule has 1 heterocycles. The SMILES string of the molecule is COC(=O)C(C[C@@H]1CCNC1=O)NC(=O)C(CC1CCCCC1)NC(=O)OC(c1ccc(F)cc1)C(C)(C)c1cccc(Cl)c1. The standard InChI is InChI=1S/C34H43ClFN3O6/c1-34(2,24-10-7-11-25(35)20-24)29(22-12-14-26(36)15-13-22)45-33(43)39-27(18-21-8-5-4-6-9-21)31(41)38-28(32(42)44-3)19-23-16-17-37-30(23)40/h7,10-15,20-21,23,27-29H,4-6,8-9,16-19H2,1-3H3,(H,37,40)(H,38,41)(H,39,43)/t23-,27?,28?,29?/m0/s1. The maximum Gasteiger partial charge on any atom is 0.408 e. The molecule has 2 aliphatic rings. The van der Waals surface area contributed by atoms with Crippen molar-refractivity contribution >= 4 is 35.5 Å². The van der Waals surface area contributed by atoms with Crippen LogP contribution in [0.5, 0.6) is 0 Å². The summed E-state index contributed by atoms with van der Waals surface area (Å²) in [5.74, 6) is -2.06. The highest BCUT2D eigenvalue weighted by Gasteiger charge is 2.38. The first-order chi connectivity index (χ1) is 21.5. The van der Waals surface area contributed by atoms with Crippen molar-refractivity contribution in [1.29, 1.82) is 0 Å². The molecule has 2 aromatic carbocycles. The van der Waals surface area contributed by atoms with Crippen LogP contribution < -0.4 is 16.0 Å². The van der Waals surface area contributed by atoms with Gasteiger partial charge in [-0.3, -0.25) is 9.59 Å². The van der Waals surface area contributed by atoms with Gasteiger partial charge in [0.05, 0.1) is 7.11 Å². The summed E-state index contributed by atoms with van der Waals surface area (Å²) in [5.41, 5.74) is 0.551. The number of methoxy groups -OCH3 is 1. The van der Waals surface area contributed by atoms with Crippen molar-refractivity contribution in [1.82, 2.24) is 16.0 Å². The van der Waals surface area contributed by atoms with E-state index in [0.29, 0.717) is 30.0 Å². The van der Waals surface area contributed by atoms with Gasteiger partial charge in [-0.25, -0.2) is 14.0 Å². The average molecular weight is 644 g/mol. The summed E-state index contributed by atoms with van der Waals surface area (Å²) in [6, 6.07) is 10.9. The summed E-state index contributed by atoms with van der Waals surface area (Å²) in [5, 5.41) is 8.77. The van der Waals surface area contributed by atoms with E-state index in [2.05, 4.69) is 16.0 Å². The number of ether oxygens (including phenoxy) is 2. The number of halogens is 2. The van der Waals surface area contributed by atoms with E-state index in [9.17, 15) is 23.6 Å². The van der Waals surface area contributed by atoms with Gasteiger partial charge in [-0.05, 0) is 60.6 Å². The second kappa shape index (κ2) is 15.6. The molecule has 1 saturated heterocycles. The zero-order valence-electron chi connectivity index (χ0n) is 26.1. The monoisotopic (exact) mass is 643 g/mol. The molecule has 0 spiro atoms. The average Bonchev–Trinajstić information content (AvgIpc) is 3.43. The van der Waals surface area contributed by atoms with Crippen LogP contribution in [0.4, 0.5) is 9.18 Å². The third-order valence-corrected chi connectivity index (χ3v) is 9.24. The molecule has 9 nitrogen and oxygen atoms in total. The molecule has 1 aliphatic carbocycles. The van der Waals surface area contributed by atoms with Crippen LogP contribution in [0.2, 0.25) is 5.02 Å². The van der Waals surface area contributed by atoms with E-state index >= 15 is 0 Å². The van der Waals surface area contributed by atoms with Crippen LogP contribution in [0.15, 0.2) is 48.5 Å². The Balaban J connectivity index is 1.57. The van der Waals surface area contributed by atoms with Crippen molar-refractivity contribution in [2.75, 3.05) is 13.7 Å². The van der Waals surface area contributed by atoms with Crippen molar-refractivity contribution in [3.05, 3.63) is 70.5 Å². The number of alkyl carbamates (subject to hydrolysis) is 1. The normalized spacial score (nSPS) is 19.1. The van der Waals surface area contributed by atoms with Gasteiger partial charge >= 0.3 is 12.1 Å². The highest BCUT2D eigenvalue weighted by molar-refractivity contribution is 6.30. The van der Waals surface area contributed by atoms with Crippen molar-refractivity contribution < 1.29 is 33.0 Å². The minimum absolute atomic E-state index is 0.0886. The lowest BCUT2D eigenvalue weighted by Gasteiger charge is -2.35. The van der Waals surface area contributed by atoms with Crippen LogP contribution in [0.3, 0.4) is 0 Å². The second-order valence-electron chi connectivity index (χ2n) is 12.6. The third kappa shape index (κ3) is 9.19. The van der Waals surface area contributed by atoms with Crippen LogP contribution in [0.25, 0.3) is 0 Å². The summed E-state index contributed by atoms with van der Waals surface area (Å²) in [6.45, 7) is 4.29. The molecular formula is C34H43ClFN3O6. The number of rotatable bonds is 12. The summed E-state index contributed by atoms with van der Waals surface area (Å²) in [6.07, 6.45) is 4.31. The second-order valence-corrected chi connectivity index (χ2v) is 13.0. The van der Waals surface area contributed by atoms with Gasteiger partial charge in [0.2, 0.25) is 11.8 Å². The molecule has 1 saturated carbocycles. The molecule has 3 amide bonds. The van der Waals surface area contributed by atoms with Crippen molar-refractivity contribution in [2.24, 2.45) is 11.8 Å². The van der Waals surface area contributed by atoms with Crippen molar-refractivity contribution in [2.45, 2.75) is 88.8 Å². The van der Waals surface area contributed by atoms with Gasteiger partial charge in [0, 0.05) is 22.9 Å². The fourth-order valence-electron chi connectivity index (χ4n) is 6.36. The van der Waals surface area contributed by atoms with Crippen LogP contribution in [-0.4, -0.2) is 49.6 Å². The van der Waals surface area contributed by atoms with Crippen LogP contribution in [-0.2, 0) is 29.3 Å². The highest BCUT2D eigenvalue weighted by Crippen LogP contribution is 2.40. The molecule has 244 valence electrons. The van der Waals surface area contributed by atoms with E-state index in [4.69, 9.17) is 21.1 Å². The van der Waals surface area contributed by atoms with E-state index in [1.807, 2.05) is 19.9 Å². The molecule has 0 bridgehead atoms. The number of amides is 3. The molecule has 4 atom stereocenters. The number of hydrogen-bond acceptors (Lipinski definition) is 6. The number of carbonyl (C=O) groups excluding carboxylic acids is 4. The molecule has 0 radical (unpaired) electrons. The number of hydrogen-bond donors (Lipinski definition) is 3. The quantitative estimate of drug-likeness (QED) is 0.253. The smallest absolute Gasteiger partial charge is 0.408 e. The largest absolute Gasteiger partial charge is 0.467 e. The van der Waals surface area contributed by atoms with Gasteiger partial charge in [0.1, 0.15) is 24.0 Å². The Bertz CT molecular complexity index is 1350. The molecule has 4 rings (SSSR count). The Labute approximate surface area is 268 Å². The lowest BCUT2D eigenvalue weighted by atomic mass is 9.76. The zero-order chi connectivity index (χ0) is 32.6. The Hall–Kier alpha value is -3.66. The van der Waals surface area contributed by atoms with Gasteiger partial charge in [-0.1, -0.05) is 81.8 Å². The predicted octanol–water partition coefficient (Wildman–Crippen LogP) is 5.75. The first-order valence-electron chi connectivity index (χ1n) is 15.6. The molecular weight excluding hydrogens is 601 g/mol.